The molecule has 2 N–H and O–H groups in total. The van der Waals surface area contributed by atoms with Crippen molar-refractivity contribution in [1.29, 1.82) is 5.26 Å². The van der Waals surface area contributed by atoms with Gasteiger partial charge in [-0.1, -0.05) is 12.5 Å². The van der Waals surface area contributed by atoms with Crippen molar-refractivity contribution in [3.05, 3.63) is 59.9 Å². The van der Waals surface area contributed by atoms with E-state index in [-0.39, 0.29) is 17.7 Å². The lowest BCUT2D eigenvalue weighted by atomic mass is 9.85. The molecular weight excluding hydrogens is 485 g/mol. The molecule has 1 saturated carbocycles. The molecule has 1 aromatic heterocycles. The van der Waals surface area contributed by atoms with Crippen molar-refractivity contribution in [2.75, 3.05) is 19.0 Å². The Labute approximate surface area is 222 Å². The Hall–Kier alpha value is -4.06. The van der Waals surface area contributed by atoms with Gasteiger partial charge >= 0.3 is 6.09 Å². The Kier molecular flexibility index (Phi) is 8.20. The molecule has 0 saturated heterocycles. The summed E-state index contributed by atoms with van der Waals surface area (Å²) in [6.07, 6.45) is 3.46. The van der Waals surface area contributed by atoms with Gasteiger partial charge in [-0.05, 0) is 82.3 Å². The smallest absolute Gasteiger partial charge is 0.407 e. The van der Waals surface area contributed by atoms with Crippen molar-refractivity contribution >= 4 is 11.9 Å². The van der Waals surface area contributed by atoms with Crippen LogP contribution < -0.4 is 15.4 Å². The van der Waals surface area contributed by atoms with E-state index in [1.165, 1.54) is 12.1 Å². The maximum Gasteiger partial charge on any atom is 0.407 e. The lowest BCUT2D eigenvalue weighted by molar-refractivity contribution is 0.0486. The van der Waals surface area contributed by atoms with Crippen LogP contribution in [0, 0.1) is 23.1 Å². The number of rotatable bonds is 7. The summed E-state index contributed by atoms with van der Waals surface area (Å²) in [5, 5.41) is 20.3. The minimum atomic E-state index is -0.576. The van der Waals surface area contributed by atoms with E-state index >= 15 is 0 Å². The fraction of sp³-hybridized carbons (Fsp3) is 0.414. The molecule has 1 heterocycles. The highest BCUT2D eigenvalue weighted by Gasteiger charge is 2.26. The van der Waals surface area contributed by atoms with Gasteiger partial charge in [0.15, 0.2) is 0 Å². The van der Waals surface area contributed by atoms with E-state index < -0.39 is 11.4 Å². The van der Waals surface area contributed by atoms with Crippen molar-refractivity contribution < 1.29 is 18.7 Å². The number of carbonyl (C=O) groups excluding carboxylic acids is 1. The average Bonchev–Trinajstić information content (AvgIpc) is 3.31. The lowest BCUT2D eigenvalue weighted by Gasteiger charge is -2.30. The van der Waals surface area contributed by atoms with Gasteiger partial charge in [-0.25, -0.2) is 13.9 Å². The largest absolute Gasteiger partial charge is 0.497 e. The highest BCUT2D eigenvalue weighted by molar-refractivity contribution is 5.68. The molecule has 1 fully saturated rings. The van der Waals surface area contributed by atoms with Crippen LogP contribution >= 0.6 is 0 Å². The zero-order chi connectivity index (χ0) is 27.3. The highest BCUT2D eigenvalue weighted by atomic mass is 19.1. The summed E-state index contributed by atoms with van der Waals surface area (Å²) in [5.74, 6) is 1.15. The van der Waals surface area contributed by atoms with E-state index in [1.54, 1.807) is 17.9 Å². The molecule has 0 bridgehead atoms. The number of hydrogen-bond donors (Lipinski definition) is 2. The zero-order valence-electron chi connectivity index (χ0n) is 22.3. The number of nitrogens with one attached hydrogen (secondary N) is 2. The number of benzene rings is 2. The van der Waals surface area contributed by atoms with E-state index in [9.17, 15) is 9.18 Å². The average molecular weight is 520 g/mol. The third kappa shape index (κ3) is 6.82. The molecule has 0 aliphatic heterocycles. The summed E-state index contributed by atoms with van der Waals surface area (Å²) in [6, 6.07) is 15.8. The van der Waals surface area contributed by atoms with Crippen LogP contribution in [0.1, 0.15) is 52.0 Å². The Morgan fingerprint density at radius 2 is 1.95 bits per heavy atom. The first kappa shape index (κ1) is 27.0. The number of amides is 1. The van der Waals surface area contributed by atoms with Crippen molar-refractivity contribution in [3.63, 3.8) is 0 Å². The molecule has 0 radical (unpaired) electrons. The van der Waals surface area contributed by atoms with Gasteiger partial charge in [0.2, 0.25) is 0 Å². The van der Waals surface area contributed by atoms with Crippen LogP contribution in [0.2, 0.25) is 0 Å². The van der Waals surface area contributed by atoms with Crippen LogP contribution in [0.5, 0.6) is 5.75 Å². The van der Waals surface area contributed by atoms with E-state index in [0.717, 1.165) is 37.1 Å². The molecule has 0 spiro atoms. The van der Waals surface area contributed by atoms with Gasteiger partial charge in [-0.15, -0.1) is 5.10 Å². The third-order valence-electron chi connectivity index (χ3n) is 6.49. The molecule has 38 heavy (non-hydrogen) atoms. The lowest BCUT2D eigenvalue weighted by Crippen LogP contribution is -2.42. The van der Waals surface area contributed by atoms with Gasteiger partial charge in [-0.2, -0.15) is 5.26 Å². The summed E-state index contributed by atoms with van der Waals surface area (Å²) < 4.78 is 26.9. The second-order valence-corrected chi connectivity index (χ2v) is 10.6. The second-order valence-electron chi connectivity index (χ2n) is 10.6. The summed E-state index contributed by atoms with van der Waals surface area (Å²) >= 11 is 0. The number of carbonyl (C=O) groups is 1. The monoisotopic (exact) mass is 519 g/mol. The maximum atomic E-state index is 14.5. The third-order valence-corrected chi connectivity index (χ3v) is 6.49. The van der Waals surface area contributed by atoms with Crippen molar-refractivity contribution in [3.8, 4) is 28.8 Å². The maximum absolute atomic E-state index is 14.5. The van der Waals surface area contributed by atoms with E-state index in [4.69, 9.17) is 19.8 Å². The molecule has 8 nitrogen and oxygen atoms in total. The number of ether oxygens (including phenoxy) is 2. The fourth-order valence-corrected chi connectivity index (χ4v) is 4.69. The summed E-state index contributed by atoms with van der Waals surface area (Å²) in [7, 11) is 1.61. The number of halogens is 1. The van der Waals surface area contributed by atoms with Crippen molar-refractivity contribution in [2.45, 2.75) is 58.1 Å². The molecule has 9 heteroatoms. The number of nitriles is 1. The molecule has 3 aromatic rings. The molecular formula is C29H34FN5O3. The predicted molar refractivity (Wildman–Crippen MR) is 144 cm³/mol. The summed E-state index contributed by atoms with van der Waals surface area (Å²) in [4.78, 5) is 12.2. The standard InChI is InChI=1S/C29H34FN5O3/c1-29(2,3)38-28(36)33-22-7-5-6-19(14-22)18-32-27-16-26(20-8-9-21(17-31)25(30)15-20)35(34-27)23-10-12-24(37-4)13-11-23/h8-13,15-16,19,22H,5-7,14,18H2,1-4H3,(H,32,34)(H,33,36)/t19-,22-/m0/s1. The van der Waals surface area contributed by atoms with Gasteiger partial charge in [0.25, 0.3) is 0 Å². The first-order chi connectivity index (χ1) is 18.1. The highest BCUT2D eigenvalue weighted by Crippen LogP contribution is 2.30. The SMILES string of the molecule is COc1ccc(-n2nc(NC[C@H]3CCC[C@H](NC(=O)OC(C)(C)C)C3)cc2-c2ccc(C#N)c(F)c2)cc1. The van der Waals surface area contributed by atoms with Crippen LogP contribution in [0.25, 0.3) is 16.9 Å². The normalized spacial score (nSPS) is 17.4. The Balaban J connectivity index is 1.50. The van der Waals surface area contributed by atoms with Crippen LogP contribution in [-0.2, 0) is 4.74 Å². The topological polar surface area (TPSA) is 101 Å². The molecule has 4 rings (SSSR count). The summed E-state index contributed by atoms with van der Waals surface area (Å²) in [6.45, 7) is 6.25. The fourth-order valence-electron chi connectivity index (χ4n) is 4.69. The Morgan fingerprint density at radius 1 is 1.18 bits per heavy atom. The van der Waals surface area contributed by atoms with Gasteiger partial charge in [0.05, 0.1) is 24.1 Å². The van der Waals surface area contributed by atoms with Crippen LogP contribution in [0.3, 0.4) is 0 Å². The minimum Gasteiger partial charge on any atom is -0.497 e. The van der Waals surface area contributed by atoms with E-state index in [2.05, 4.69) is 10.6 Å². The first-order valence-corrected chi connectivity index (χ1v) is 12.8. The van der Waals surface area contributed by atoms with E-state index in [1.807, 2.05) is 57.2 Å². The number of anilines is 1. The molecule has 1 aliphatic rings. The number of alkyl carbamates (subject to hydrolysis) is 1. The Morgan fingerprint density at radius 3 is 2.61 bits per heavy atom. The molecule has 0 unspecified atom stereocenters. The van der Waals surface area contributed by atoms with Crippen LogP contribution in [0.15, 0.2) is 48.5 Å². The number of hydrogen-bond acceptors (Lipinski definition) is 6. The van der Waals surface area contributed by atoms with E-state index in [0.29, 0.717) is 29.5 Å². The zero-order valence-corrected chi connectivity index (χ0v) is 22.3. The van der Waals surface area contributed by atoms with Gasteiger partial charge in [0, 0.05) is 24.2 Å². The van der Waals surface area contributed by atoms with Gasteiger partial charge in [-0.3, -0.25) is 0 Å². The minimum absolute atomic E-state index is 0.00513. The van der Waals surface area contributed by atoms with Gasteiger partial charge in [0.1, 0.15) is 29.1 Å². The molecule has 2 atom stereocenters. The Bertz CT molecular complexity index is 1310. The molecule has 1 amide bonds. The second kappa shape index (κ2) is 11.5. The molecule has 2 aromatic carbocycles. The van der Waals surface area contributed by atoms with Crippen molar-refractivity contribution in [1.82, 2.24) is 15.1 Å². The van der Waals surface area contributed by atoms with Crippen LogP contribution in [0.4, 0.5) is 15.0 Å². The van der Waals surface area contributed by atoms with Crippen molar-refractivity contribution in [2.24, 2.45) is 5.92 Å². The van der Waals surface area contributed by atoms with Crippen LogP contribution in [-0.4, -0.2) is 41.2 Å². The molecule has 1 aliphatic carbocycles. The number of methoxy groups -OCH3 is 1. The molecule has 200 valence electrons. The number of aromatic nitrogens is 2. The number of nitrogens with zero attached hydrogens (tertiary/aromatic N) is 3. The first-order valence-electron chi connectivity index (χ1n) is 12.8. The predicted octanol–water partition coefficient (Wildman–Crippen LogP) is 6.05. The summed E-state index contributed by atoms with van der Waals surface area (Å²) in [5.41, 5.74) is 1.55. The van der Waals surface area contributed by atoms with Gasteiger partial charge < -0.3 is 20.1 Å². The quantitative estimate of drug-likeness (QED) is 0.394.